The summed E-state index contributed by atoms with van der Waals surface area (Å²) in [5.41, 5.74) is 2.50. The Bertz CT molecular complexity index is 629. The minimum Gasteiger partial charge on any atom is -0.381 e. The van der Waals surface area contributed by atoms with Crippen LogP contribution in [0.1, 0.15) is 22.6 Å². The summed E-state index contributed by atoms with van der Waals surface area (Å²) in [6, 6.07) is 5.60. The largest absolute Gasteiger partial charge is 0.381 e. The molecule has 1 aromatic heterocycles. The molecule has 1 saturated heterocycles. The van der Waals surface area contributed by atoms with Crippen molar-refractivity contribution in [3.8, 4) is 0 Å². The molecule has 106 valence electrons. The van der Waals surface area contributed by atoms with Crippen molar-refractivity contribution in [3.63, 3.8) is 0 Å². The van der Waals surface area contributed by atoms with E-state index < -0.39 is 0 Å². The molecule has 1 aliphatic rings. The zero-order valence-corrected chi connectivity index (χ0v) is 11.8. The highest BCUT2D eigenvalue weighted by Crippen LogP contribution is 2.17. The molecule has 1 unspecified atom stereocenters. The van der Waals surface area contributed by atoms with E-state index in [0.29, 0.717) is 11.5 Å². The van der Waals surface area contributed by atoms with Crippen molar-refractivity contribution in [2.45, 2.75) is 13.3 Å². The summed E-state index contributed by atoms with van der Waals surface area (Å²) < 4.78 is 5.35. The molecule has 0 aliphatic carbocycles. The Hall–Kier alpha value is -1.88. The molecule has 2 heterocycles. The topological polar surface area (TPSA) is 58.2 Å². The minimum absolute atomic E-state index is 0.0473. The van der Waals surface area contributed by atoms with E-state index >= 15 is 0 Å². The van der Waals surface area contributed by atoms with Crippen LogP contribution in [0.5, 0.6) is 0 Å². The van der Waals surface area contributed by atoms with Crippen molar-refractivity contribution in [1.82, 2.24) is 14.9 Å². The number of amides is 1. The average molecular weight is 273 g/mol. The molecule has 5 nitrogen and oxygen atoms in total. The molecule has 1 aliphatic heterocycles. The Morgan fingerprint density at radius 3 is 3.15 bits per heavy atom. The molecule has 0 spiro atoms. The van der Waals surface area contributed by atoms with Crippen LogP contribution in [0.2, 0.25) is 0 Å². The van der Waals surface area contributed by atoms with E-state index in [4.69, 9.17) is 4.74 Å². The van der Waals surface area contributed by atoms with Crippen molar-refractivity contribution in [2.24, 2.45) is 5.92 Å². The maximum absolute atomic E-state index is 12.4. The smallest absolute Gasteiger partial charge is 0.253 e. The van der Waals surface area contributed by atoms with Gasteiger partial charge in [0.1, 0.15) is 5.82 Å². The Labute approximate surface area is 117 Å². The molecular formula is C15H19N3O2. The van der Waals surface area contributed by atoms with Crippen LogP contribution in [0.4, 0.5) is 0 Å². The van der Waals surface area contributed by atoms with Crippen molar-refractivity contribution in [1.29, 1.82) is 0 Å². The van der Waals surface area contributed by atoms with E-state index in [1.165, 1.54) is 0 Å². The molecule has 1 N–H and O–H groups in total. The molecule has 20 heavy (non-hydrogen) atoms. The summed E-state index contributed by atoms with van der Waals surface area (Å²) in [6.07, 6.45) is 1.04. The fourth-order valence-electron chi connectivity index (χ4n) is 2.69. The Morgan fingerprint density at radius 2 is 2.40 bits per heavy atom. The van der Waals surface area contributed by atoms with E-state index in [1.54, 1.807) is 4.90 Å². The van der Waals surface area contributed by atoms with Crippen LogP contribution in [0, 0.1) is 12.8 Å². The van der Waals surface area contributed by atoms with E-state index in [1.807, 2.05) is 32.2 Å². The molecule has 3 rings (SSSR count). The van der Waals surface area contributed by atoms with Crippen LogP contribution < -0.4 is 0 Å². The molecule has 1 fully saturated rings. The number of nitrogens with zero attached hydrogens (tertiary/aromatic N) is 2. The monoisotopic (exact) mass is 273 g/mol. The fourth-order valence-corrected chi connectivity index (χ4v) is 2.69. The molecule has 1 atom stereocenters. The van der Waals surface area contributed by atoms with Crippen LogP contribution in [0.25, 0.3) is 11.0 Å². The maximum Gasteiger partial charge on any atom is 0.253 e. The number of carbonyl (C=O) groups is 1. The molecule has 0 bridgehead atoms. The zero-order valence-electron chi connectivity index (χ0n) is 11.8. The minimum atomic E-state index is 0.0473. The number of H-pyrrole nitrogens is 1. The number of ether oxygens (including phenoxy) is 1. The van der Waals surface area contributed by atoms with Gasteiger partial charge in [0, 0.05) is 31.7 Å². The highest BCUT2D eigenvalue weighted by atomic mass is 16.5. The molecule has 0 radical (unpaired) electrons. The number of aromatic nitrogens is 2. The van der Waals surface area contributed by atoms with Gasteiger partial charge in [-0.3, -0.25) is 4.79 Å². The summed E-state index contributed by atoms with van der Waals surface area (Å²) in [5, 5.41) is 0. The normalized spacial score (nSPS) is 18.6. The maximum atomic E-state index is 12.4. The van der Waals surface area contributed by atoms with Crippen LogP contribution in [0.15, 0.2) is 18.2 Å². The molecule has 2 aromatic rings. The first-order valence-electron chi connectivity index (χ1n) is 6.93. The Morgan fingerprint density at radius 1 is 1.55 bits per heavy atom. The number of nitrogens with one attached hydrogen (secondary N) is 1. The second kappa shape index (κ2) is 5.25. The highest BCUT2D eigenvalue weighted by molar-refractivity contribution is 5.97. The van der Waals surface area contributed by atoms with Gasteiger partial charge in [-0.2, -0.15) is 0 Å². The first kappa shape index (κ1) is 13.1. The molecular weight excluding hydrogens is 254 g/mol. The van der Waals surface area contributed by atoms with E-state index in [2.05, 4.69) is 9.97 Å². The lowest BCUT2D eigenvalue weighted by molar-refractivity contribution is 0.0766. The van der Waals surface area contributed by atoms with Crippen molar-refractivity contribution in [3.05, 3.63) is 29.6 Å². The third-order valence-electron chi connectivity index (χ3n) is 3.75. The molecule has 1 aromatic carbocycles. The predicted octanol–water partition coefficient (Wildman–Crippen LogP) is 1.98. The summed E-state index contributed by atoms with van der Waals surface area (Å²) in [5.74, 6) is 1.37. The van der Waals surface area contributed by atoms with Gasteiger partial charge in [0.2, 0.25) is 0 Å². The van der Waals surface area contributed by atoms with Crippen molar-refractivity contribution >= 4 is 16.9 Å². The number of hydrogen-bond donors (Lipinski definition) is 1. The predicted molar refractivity (Wildman–Crippen MR) is 76.7 cm³/mol. The fraction of sp³-hybridized carbons (Fsp3) is 0.467. The zero-order chi connectivity index (χ0) is 14.1. The van der Waals surface area contributed by atoms with Gasteiger partial charge < -0.3 is 14.6 Å². The average Bonchev–Trinajstić information content (AvgIpc) is 3.04. The van der Waals surface area contributed by atoms with E-state index in [9.17, 15) is 4.79 Å². The van der Waals surface area contributed by atoms with Crippen LogP contribution >= 0.6 is 0 Å². The summed E-state index contributed by atoms with van der Waals surface area (Å²) in [4.78, 5) is 21.7. The van der Waals surface area contributed by atoms with Crippen molar-refractivity contribution < 1.29 is 9.53 Å². The van der Waals surface area contributed by atoms with Crippen LogP contribution in [-0.4, -0.2) is 47.6 Å². The van der Waals surface area contributed by atoms with E-state index in [-0.39, 0.29) is 5.91 Å². The SMILES string of the molecule is Cc1nc2ccc(C(=O)N(C)CC3CCOC3)cc2[nH]1. The van der Waals surface area contributed by atoms with Gasteiger partial charge >= 0.3 is 0 Å². The van der Waals surface area contributed by atoms with Gasteiger partial charge in [-0.25, -0.2) is 4.98 Å². The van der Waals surface area contributed by atoms with Gasteiger partial charge in [0.25, 0.3) is 5.91 Å². The highest BCUT2D eigenvalue weighted by Gasteiger charge is 2.21. The number of hydrogen-bond acceptors (Lipinski definition) is 3. The Balaban J connectivity index is 1.76. The van der Waals surface area contributed by atoms with Gasteiger partial charge in [0.15, 0.2) is 0 Å². The summed E-state index contributed by atoms with van der Waals surface area (Å²) in [6.45, 7) is 4.23. The number of aromatic amines is 1. The molecule has 5 heteroatoms. The summed E-state index contributed by atoms with van der Waals surface area (Å²) >= 11 is 0. The number of fused-ring (bicyclic) bond motifs is 1. The number of benzene rings is 1. The second-order valence-electron chi connectivity index (χ2n) is 5.47. The lowest BCUT2D eigenvalue weighted by atomic mass is 10.1. The number of rotatable bonds is 3. The van der Waals surface area contributed by atoms with Crippen LogP contribution in [0.3, 0.4) is 0 Å². The standard InChI is InChI=1S/C15H19N3O2/c1-10-16-13-4-3-12(7-14(13)17-10)15(19)18(2)8-11-5-6-20-9-11/h3-4,7,11H,5-6,8-9H2,1-2H3,(H,16,17). The third kappa shape index (κ3) is 2.54. The summed E-state index contributed by atoms with van der Waals surface area (Å²) in [7, 11) is 1.85. The lowest BCUT2D eigenvalue weighted by Gasteiger charge is -2.20. The van der Waals surface area contributed by atoms with Gasteiger partial charge in [0.05, 0.1) is 17.6 Å². The third-order valence-corrected chi connectivity index (χ3v) is 3.75. The van der Waals surface area contributed by atoms with Gasteiger partial charge in [-0.1, -0.05) is 0 Å². The van der Waals surface area contributed by atoms with E-state index in [0.717, 1.165) is 43.0 Å². The van der Waals surface area contributed by atoms with Gasteiger partial charge in [-0.05, 0) is 31.5 Å². The first-order valence-corrected chi connectivity index (χ1v) is 6.93. The van der Waals surface area contributed by atoms with Crippen molar-refractivity contribution in [2.75, 3.05) is 26.8 Å². The lowest BCUT2D eigenvalue weighted by Crippen LogP contribution is -2.32. The molecule has 1 amide bonds. The number of carbonyl (C=O) groups excluding carboxylic acids is 1. The molecule has 0 saturated carbocycles. The Kier molecular flexibility index (Phi) is 3.44. The quantitative estimate of drug-likeness (QED) is 0.930. The van der Waals surface area contributed by atoms with Gasteiger partial charge in [-0.15, -0.1) is 0 Å². The first-order chi connectivity index (χ1) is 9.63. The van der Waals surface area contributed by atoms with Crippen LogP contribution in [-0.2, 0) is 4.74 Å². The second-order valence-corrected chi connectivity index (χ2v) is 5.47. The number of imidazole rings is 1. The number of aryl methyl sites for hydroxylation is 1.